The molecule has 0 atom stereocenters. The number of thiazole rings is 2. The van der Waals surface area contributed by atoms with Gasteiger partial charge in [-0.15, -0.1) is 11.3 Å². The highest BCUT2D eigenvalue weighted by Crippen LogP contribution is 2.23. The number of methoxy groups -OCH3 is 1. The van der Waals surface area contributed by atoms with Gasteiger partial charge in [0.15, 0.2) is 5.13 Å². The number of rotatable bonds is 5. The maximum atomic E-state index is 11.5. The highest BCUT2D eigenvalue weighted by atomic mass is 32.1. The number of hydrogen-bond donors (Lipinski definition) is 1. The fourth-order valence-electron chi connectivity index (χ4n) is 1.55. The third kappa shape index (κ3) is 3.51. The van der Waals surface area contributed by atoms with E-state index in [4.69, 9.17) is 4.74 Å². The van der Waals surface area contributed by atoms with Crippen LogP contribution in [0.1, 0.15) is 26.1 Å². The molecule has 1 N–H and O–H groups in total. The highest BCUT2D eigenvalue weighted by molar-refractivity contribution is 7.17. The molecule has 0 aliphatic rings. The van der Waals surface area contributed by atoms with Gasteiger partial charge in [-0.1, -0.05) is 11.3 Å². The molecule has 0 radical (unpaired) electrons. The minimum atomic E-state index is -0.335. The summed E-state index contributed by atoms with van der Waals surface area (Å²) >= 11 is 2.98. The third-order valence-electron chi connectivity index (χ3n) is 2.45. The molecule has 0 bridgehead atoms. The average molecular weight is 297 g/mol. The smallest absolute Gasteiger partial charge is 0.350 e. The van der Waals surface area contributed by atoms with Crippen molar-refractivity contribution in [3.05, 3.63) is 26.7 Å². The van der Waals surface area contributed by atoms with Crippen molar-refractivity contribution in [2.45, 2.75) is 20.3 Å². The van der Waals surface area contributed by atoms with E-state index in [1.54, 1.807) is 18.3 Å². The number of anilines is 1. The predicted molar refractivity (Wildman–Crippen MR) is 77.2 cm³/mol. The summed E-state index contributed by atoms with van der Waals surface area (Å²) in [6.45, 7) is 4.54. The lowest BCUT2D eigenvalue weighted by Gasteiger charge is -1.99. The molecule has 0 fully saturated rings. The zero-order valence-electron chi connectivity index (χ0n) is 11.0. The molecule has 2 heterocycles. The number of esters is 1. The summed E-state index contributed by atoms with van der Waals surface area (Å²) in [4.78, 5) is 20.7. The largest absolute Gasteiger partial charge is 0.465 e. The van der Waals surface area contributed by atoms with Crippen molar-refractivity contribution in [3.63, 3.8) is 0 Å². The van der Waals surface area contributed by atoms with Gasteiger partial charge in [0.05, 0.1) is 17.8 Å². The predicted octanol–water partition coefficient (Wildman–Crippen LogP) is 2.66. The molecule has 0 saturated heterocycles. The lowest BCUT2D eigenvalue weighted by Crippen LogP contribution is -2.04. The van der Waals surface area contributed by atoms with Gasteiger partial charge in [0.25, 0.3) is 0 Å². The molecular formula is C12H15N3O2S2. The maximum Gasteiger partial charge on any atom is 0.350 e. The van der Waals surface area contributed by atoms with E-state index < -0.39 is 0 Å². The van der Waals surface area contributed by atoms with E-state index in [-0.39, 0.29) is 5.97 Å². The lowest BCUT2D eigenvalue weighted by molar-refractivity contribution is 0.0605. The van der Waals surface area contributed by atoms with E-state index in [2.05, 4.69) is 15.3 Å². The van der Waals surface area contributed by atoms with Crippen molar-refractivity contribution < 1.29 is 9.53 Å². The first-order valence-corrected chi connectivity index (χ1v) is 7.50. The highest BCUT2D eigenvalue weighted by Gasteiger charge is 2.15. The van der Waals surface area contributed by atoms with Crippen LogP contribution in [0.4, 0.5) is 5.13 Å². The van der Waals surface area contributed by atoms with E-state index in [0.29, 0.717) is 10.6 Å². The van der Waals surface area contributed by atoms with Gasteiger partial charge in [-0.2, -0.15) is 0 Å². The number of carbonyl (C=O) groups is 1. The number of hydrogen-bond acceptors (Lipinski definition) is 7. The molecule has 0 aliphatic carbocycles. The topological polar surface area (TPSA) is 64.1 Å². The van der Waals surface area contributed by atoms with Crippen LogP contribution >= 0.6 is 22.7 Å². The molecule has 7 heteroatoms. The molecule has 2 aromatic rings. The fourth-order valence-corrected chi connectivity index (χ4v) is 3.23. The molecule has 0 unspecified atom stereocenters. The number of aryl methyl sites for hydroxylation is 2. The molecule has 5 nitrogen and oxygen atoms in total. The van der Waals surface area contributed by atoms with Crippen molar-refractivity contribution >= 4 is 33.8 Å². The molecule has 0 spiro atoms. The summed E-state index contributed by atoms with van der Waals surface area (Å²) in [6, 6.07) is 0. The van der Waals surface area contributed by atoms with Crippen LogP contribution in [-0.4, -0.2) is 29.6 Å². The number of aromatic nitrogens is 2. The Labute approximate surface area is 119 Å². The van der Waals surface area contributed by atoms with Gasteiger partial charge in [0.1, 0.15) is 4.88 Å². The minimum absolute atomic E-state index is 0.335. The Morgan fingerprint density at radius 2 is 2.21 bits per heavy atom. The van der Waals surface area contributed by atoms with Crippen LogP contribution in [0.15, 0.2) is 5.38 Å². The summed E-state index contributed by atoms with van der Waals surface area (Å²) in [5, 5.41) is 7.09. The summed E-state index contributed by atoms with van der Waals surface area (Å²) in [7, 11) is 1.37. The van der Waals surface area contributed by atoms with Gasteiger partial charge in [-0.05, 0) is 13.8 Å². The van der Waals surface area contributed by atoms with Gasteiger partial charge >= 0.3 is 5.97 Å². The summed E-state index contributed by atoms with van der Waals surface area (Å²) in [5.74, 6) is -0.335. The number of carbonyl (C=O) groups excluding carboxylic acids is 1. The second kappa shape index (κ2) is 6.12. The number of nitrogens with one attached hydrogen (secondary N) is 1. The Kier molecular flexibility index (Phi) is 4.49. The number of nitrogens with zero attached hydrogens (tertiary/aromatic N) is 2. The van der Waals surface area contributed by atoms with Gasteiger partial charge < -0.3 is 10.1 Å². The maximum absolute atomic E-state index is 11.5. The third-order valence-corrected chi connectivity index (χ3v) is 4.57. The van der Waals surface area contributed by atoms with Gasteiger partial charge in [0.2, 0.25) is 0 Å². The Morgan fingerprint density at radius 3 is 2.84 bits per heavy atom. The molecule has 2 aromatic heterocycles. The van der Waals surface area contributed by atoms with Crippen molar-refractivity contribution in [2.24, 2.45) is 0 Å². The Hall–Kier alpha value is -1.47. The zero-order valence-corrected chi connectivity index (χ0v) is 12.7. The molecule has 102 valence electrons. The van der Waals surface area contributed by atoms with Crippen LogP contribution in [-0.2, 0) is 11.2 Å². The SMILES string of the molecule is COC(=O)c1sc(NCCc2nc(C)cs2)nc1C. The first-order chi connectivity index (χ1) is 9.10. The first-order valence-electron chi connectivity index (χ1n) is 5.80. The molecule has 0 amide bonds. The van der Waals surface area contributed by atoms with E-state index in [1.807, 2.05) is 12.3 Å². The van der Waals surface area contributed by atoms with E-state index in [9.17, 15) is 4.79 Å². The number of ether oxygens (including phenoxy) is 1. The zero-order chi connectivity index (χ0) is 13.8. The normalized spacial score (nSPS) is 10.5. The van der Waals surface area contributed by atoms with Crippen LogP contribution in [0, 0.1) is 13.8 Å². The van der Waals surface area contributed by atoms with Gasteiger partial charge in [-0.25, -0.2) is 14.8 Å². The summed E-state index contributed by atoms with van der Waals surface area (Å²) in [6.07, 6.45) is 0.852. The van der Waals surface area contributed by atoms with E-state index >= 15 is 0 Å². The first kappa shape index (κ1) is 14.0. The fraction of sp³-hybridized carbons (Fsp3) is 0.417. The van der Waals surface area contributed by atoms with E-state index in [0.717, 1.165) is 28.8 Å². The molecular weight excluding hydrogens is 282 g/mol. The Balaban J connectivity index is 1.91. The van der Waals surface area contributed by atoms with Crippen molar-refractivity contribution in [1.29, 1.82) is 0 Å². The standard InChI is InChI=1S/C12H15N3O2S2/c1-7-6-18-9(14-7)4-5-13-12-15-8(2)10(19-12)11(16)17-3/h6H,4-5H2,1-3H3,(H,13,15). The second-order valence-electron chi connectivity index (χ2n) is 3.98. The molecule has 0 saturated carbocycles. The monoisotopic (exact) mass is 297 g/mol. The molecule has 19 heavy (non-hydrogen) atoms. The van der Waals surface area contributed by atoms with Crippen LogP contribution in [0.3, 0.4) is 0 Å². The van der Waals surface area contributed by atoms with Gasteiger partial charge in [-0.3, -0.25) is 0 Å². The van der Waals surface area contributed by atoms with Crippen molar-refractivity contribution in [3.8, 4) is 0 Å². The Morgan fingerprint density at radius 1 is 1.42 bits per heavy atom. The van der Waals surface area contributed by atoms with Crippen molar-refractivity contribution in [2.75, 3.05) is 19.0 Å². The second-order valence-corrected chi connectivity index (χ2v) is 5.93. The summed E-state index contributed by atoms with van der Waals surface area (Å²) in [5.41, 5.74) is 1.75. The lowest BCUT2D eigenvalue weighted by atomic mass is 10.4. The quantitative estimate of drug-likeness (QED) is 0.860. The van der Waals surface area contributed by atoms with Gasteiger partial charge in [0, 0.05) is 24.0 Å². The van der Waals surface area contributed by atoms with Crippen LogP contribution in [0.5, 0.6) is 0 Å². The molecule has 0 aliphatic heterocycles. The van der Waals surface area contributed by atoms with Crippen LogP contribution < -0.4 is 5.32 Å². The van der Waals surface area contributed by atoms with Crippen LogP contribution in [0.25, 0.3) is 0 Å². The Bertz CT molecular complexity index is 577. The van der Waals surface area contributed by atoms with Crippen LogP contribution in [0.2, 0.25) is 0 Å². The summed E-state index contributed by atoms with van der Waals surface area (Å²) < 4.78 is 4.70. The van der Waals surface area contributed by atoms with Crippen molar-refractivity contribution in [1.82, 2.24) is 9.97 Å². The minimum Gasteiger partial charge on any atom is -0.465 e. The molecule has 0 aromatic carbocycles. The molecule has 2 rings (SSSR count). The average Bonchev–Trinajstić information content (AvgIpc) is 2.95. The van der Waals surface area contributed by atoms with E-state index in [1.165, 1.54) is 18.4 Å².